The van der Waals surface area contributed by atoms with Crippen molar-refractivity contribution >= 4 is 10.8 Å². The van der Waals surface area contributed by atoms with E-state index in [1.807, 2.05) is 6.20 Å². The standard InChI is InChI=1S/C30H33N/c1-19(2)28(20(3)4)26-14-15-27-25(18-26)16-17-31-30(27)24-12-10-23(11-13-24)29-21(5)8-7-9-22(29)6/h7-20,28H,1-6H3. The fourth-order valence-corrected chi connectivity index (χ4v) is 5.24. The van der Waals surface area contributed by atoms with Crippen LogP contribution in [-0.4, -0.2) is 4.98 Å². The minimum absolute atomic E-state index is 0.567. The first-order valence-corrected chi connectivity index (χ1v) is 11.4. The Kier molecular flexibility index (Phi) is 5.96. The van der Waals surface area contributed by atoms with Crippen LogP contribution in [0, 0.1) is 25.7 Å². The number of pyridine rings is 1. The average Bonchev–Trinajstić information content (AvgIpc) is 2.73. The van der Waals surface area contributed by atoms with E-state index in [0.29, 0.717) is 17.8 Å². The molecule has 3 aromatic carbocycles. The van der Waals surface area contributed by atoms with Crippen LogP contribution in [0.3, 0.4) is 0 Å². The summed E-state index contributed by atoms with van der Waals surface area (Å²) in [6, 6.07) is 24.5. The lowest BCUT2D eigenvalue weighted by Gasteiger charge is -2.25. The van der Waals surface area contributed by atoms with Crippen molar-refractivity contribution in [3.63, 3.8) is 0 Å². The minimum atomic E-state index is 0.567. The molecular formula is C30H33N. The molecule has 0 spiro atoms. The van der Waals surface area contributed by atoms with Gasteiger partial charge >= 0.3 is 0 Å². The summed E-state index contributed by atoms with van der Waals surface area (Å²) in [5.74, 6) is 1.81. The fourth-order valence-electron chi connectivity index (χ4n) is 5.24. The van der Waals surface area contributed by atoms with Crippen molar-refractivity contribution in [3.05, 3.63) is 89.6 Å². The Morgan fingerprint density at radius 2 is 1.29 bits per heavy atom. The van der Waals surface area contributed by atoms with Gasteiger partial charge in [-0.15, -0.1) is 0 Å². The van der Waals surface area contributed by atoms with Gasteiger partial charge in [-0.2, -0.15) is 0 Å². The van der Waals surface area contributed by atoms with Crippen molar-refractivity contribution in [2.75, 3.05) is 0 Å². The number of rotatable bonds is 5. The molecule has 0 aliphatic rings. The van der Waals surface area contributed by atoms with Gasteiger partial charge in [-0.3, -0.25) is 4.98 Å². The predicted octanol–water partition coefficient (Wildman–Crippen LogP) is 8.58. The number of benzene rings is 3. The third-order valence-corrected chi connectivity index (χ3v) is 6.54. The number of nitrogens with zero attached hydrogens (tertiary/aromatic N) is 1. The lowest BCUT2D eigenvalue weighted by molar-refractivity contribution is 0.388. The molecule has 0 amide bonds. The summed E-state index contributed by atoms with van der Waals surface area (Å²) in [6.45, 7) is 13.7. The van der Waals surface area contributed by atoms with Gasteiger partial charge in [0.2, 0.25) is 0 Å². The predicted molar refractivity (Wildman–Crippen MR) is 135 cm³/mol. The maximum absolute atomic E-state index is 4.76. The molecule has 0 saturated carbocycles. The van der Waals surface area contributed by atoms with Crippen LogP contribution in [0.4, 0.5) is 0 Å². The molecule has 1 heterocycles. The maximum Gasteiger partial charge on any atom is 0.0780 e. The monoisotopic (exact) mass is 407 g/mol. The van der Waals surface area contributed by atoms with Gasteiger partial charge in [0, 0.05) is 17.1 Å². The second kappa shape index (κ2) is 8.67. The highest BCUT2D eigenvalue weighted by molar-refractivity contribution is 5.95. The Morgan fingerprint density at radius 3 is 1.90 bits per heavy atom. The van der Waals surface area contributed by atoms with Gasteiger partial charge in [-0.05, 0) is 70.9 Å². The Morgan fingerprint density at radius 1 is 0.677 bits per heavy atom. The molecule has 1 heteroatoms. The van der Waals surface area contributed by atoms with Gasteiger partial charge in [0.15, 0.2) is 0 Å². The van der Waals surface area contributed by atoms with Gasteiger partial charge in [-0.25, -0.2) is 0 Å². The second-order valence-electron chi connectivity index (χ2n) is 9.50. The number of fused-ring (bicyclic) bond motifs is 1. The van der Waals surface area contributed by atoms with Crippen molar-refractivity contribution < 1.29 is 0 Å². The molecule has 1 aromatic heterocycles. The second-order valence-corrected chi connectivity index (χ2v) is 9.50. The van der Waals surface area contributed by atoms with E-state index in [2.05, 4.69) is 108 Å². The Hall–Kier alpha value is -2.93. The molecule has 0 bridgehead atoms. The average molecular weight is 408 g/mol. The van der Waals surface area contributed by atoms with Gasteiger partial charge in [-0.1, -0.05) is 88.4 Å². The topological polar surface area (TPSA) is 12.9 Å². The van der Waals surface area contributed by atoms with E-state index < -0.39 is 0 Å². The van der Waals surface area contributed by atoms with E-state index in [4.69, 9.17) is 4.98 Å². The number of aromatic nitrogens is 1. The Balaban J connectivity index is 1.75. The SMILES string of the molecule is Cc1cccc(C)c1-c1ccc(-c2nccc3cc(C(C(C)C)C(C)C)ccc23)cc1. The molecule has 0 atom stereocenters. The van der Waals surface area contributed by atoms with Crippen LogP contribution in [0.5, 0.6) is 0 Å². The van der Waals surface area contributed by atoms with Crippen LogP contribution in [0.1, 0.15) is 50.3 Å². The van der Waals surface area contributed by atoms with Crippen LogP contribution in [-0.2, 0) is 0 Å². The summed E-state index contributed by atoms with van der Waals surface area (Å²) in [6.07, 6.45) is 1.95. The van der Waals surface area contributed by atoms with Gasteiger partial charge in [0.1, 0.15) is 0 Å². The first-order valence-electron chi connectivity index (χ1n) is 11.4. The van der Waals surface area contributed by atoms with Crippen molar-refractivity contribution in [1.82, 2.24) is 4.98 Å². The van der Waals surface area contributed by atoms with Crippen molar-refractivity contribution in [2.24, 2.45) is 11.8 Å². The molecule has 0 N–H and O–H groups in total. The zero-order valence-electron chi connectivity index (χ0n) is 19.6. The van der Waals surface area contributed by atoms with Crippen LogP contribution < -0.4 is 0 Å². The molecule has 1 nitrogen and oxygen atoms in total. The summed E-state index contributed by atoms with van der Waals surface area (Å²) >= 11 is 0. The first kappa shape index (κ1) is 21.3. The summed E-state index contributed by atoms with van der Waals surface area (Å²) in [7, 11) is 0. The van der Waals surface area contributed by atoms with Crippen LogP contribution in [0.25, 0.3) is 33.2 Å². The lowest BCUT2D eigenvalue weighted by atomic mass is 9.79. The van der Waals surface area contributed by atoms with E-state index in [9.17, 15) is 0 Å². The zero-order valence-corrected chi connectivity index (χ0v) is 19.6. The number of hydrogen-bond acceptors (Lipinski definition) is 1. The van der Waals surface area contributed by atoms with Crippen LogP contribution in [0.15, 0.2) is 72.9 Å². The fraction of sp³-hybridized carbons (Fsp3) is 0.300. The Bertz CT molecular complexity index is 1170. The largest absolute Gasteiger partial charge is 0.256 e. The van der Waals surface area contributed by atoms with E-state index >= 15 is 0 Å². The molecule has 0 aliphatic carbocycles. The molecule has 31 heavy (non-hydrogen) atoms. The highest BCUT2D eigenvalue weighted by Crippen LogP contribution is 2.36. The first-order chi connectivity index (χ1) is 14.9. The molecular weight excluding hydrogens is 374 g/mol. The van der Waals surface area contributed by atoms with E-state index in [1.165, 1.54) is 38.6 Å². The summed E-state index contributed by atoms with van der Waals surface area (Å²) < 4.78 is 0. The lowest BCUT2D eigenvalue weighted by Crippen LogP contribution is -2.13. The summed E-state index contributed by atoms with van der Waals surface area (Å²) in [5, 5.41) is 2.49. The summed E-state index contributed by atoms with van der Waals surface area (Å²) in [4.78, 5) is 4.76. The molecule has 0 radical (unpaired) electrons. The van der Waals surface area contributed by atoms with Crippen LogP contribution in [0.2, 0.25) is 0 Å². The van der Waals surface area contributed by atoms with Crippen molar-refractivity contribution in [1.29, 1.82) is 0 Å². The highest BCUT2D eigenvalue weighted by atomic mass is 14.7. The molecule has 0 saturated heterocycles. The molecule has 158 valence electrons. The third-order valence-electron chi connectivity index (χ3n) is 6.54. The number of aryl methyl sites for hydroxylation is 2. The van der Waals surface area contributed by atoms with Gasteiger partial charge < -0.3 is 0 Å². The minimum Gasteiger partial charge on any atom is -0.256 e. The summed E-state index contributed by atoms with van der Waals surface area (Å²) in [5.41, 5.74) is 8.87. The smallest absolute Gasteiger partial charge is 0.0780 e. The highest BCUT2D eigenvalue weighted by Gasteiger charge is 2.20. The molecule has 0 aliphatic heterocycles. The quantitative estimate of drug-likeness (QED) is 0.323. The normalized spacial score (nSPS) is 11.8. The maximum atomic E-state index is 4.76. The van der Waals surface area contributed by atoms with Crippen LogP contribution >= 0.6 is 0 Å². The Labute approximate surface area is 187 Å². The third kappa shape index (κ3) is 4.14. The van der Waals surface area contributed by atoms with Gasteiger partial charge in [0.25, 0.3) is 0 Å². The molecule has 4 aromatic rings. The van der Waals surface area contributed by atoms with Crippen molar-refractivity contribution in [2.45, 2.75) is 47.5 Å². The molecule has 0 unspecified atom stereocenters. The molecule has 0 fully saturated rings. The molecule has 4 rings (SSSR count). The number of hydrogen-bond donors (Lipinski definition) is 0. The van der Waals surface area contributed by atoms with E-state index in [1.54, 1.807) is 0 Å². The van der Waals surface area contributed by atoms with Crippen molar-refractivity contribution in [3.8, 4) is 22.4 Å². The zero-order chi connectivity index (χ0) is 22.1. The van der Waals surface area contributed by atoms with E-state index in [-0.39, 0.29) is 0 Å². The van der Waals surface area contributed by atoms with E-state index in [0.717, 1.165) is 11.3 Å². The van der Waals surface area contributed by atoms with Gasteiger partial charge in [0.05, 0.1) is 5.69 Å².